The second-order valence-electron chi connectivity index (χ2n) is 7.65. The maximum absolute atomic E-state index is 13.0. The lowest BCUT2D eigenvalue weighted by molar-refractivity contribution is 0.0271. The summed E-state index contributed by atoms with van der Waals surface area (Å²) in [6.07, 6.45) is 2.51. The third-order valence-corrected chi connectivity index (χ3v) is 5.56. The van der Waals surface area contributed by atoms with E-state index in [1.807, 2.05) is 37.1 Å². The SMILES string of the molecule is COc1cc(C(=O)N(C)[C@H](CN2CCC(OC)CC2)C(C)C)ccc1C. The van der Waals surface area contributed by atoms with Gasteiger partial charge < -0.3 is 19.3 Å². The van der Waals surface area contributed by atoms with E-state index in [0.717, 1.165) is 43.8 Å². The summed E-state index contributed by atoms with van der Waals surface area (Å²) in [4.78, 5) is 17.4. The number of piperidine rings is 1. The molecular weight excluding hydrogens is 328 g/mol. The maximum Gasteiger partial charge on any atom is 0.254 e. The Morgan fingerprint density at radius 2 is 1.92 bits per heavy atom. The van der Waals surface area contributed by atoms with E-state index in [2.05, 4.69) is 18.7 Å². The van der Waals surface area contributed by atoms with Gasteiger partial charge in [0.15, 0.2) is 0 Å². The molecule has 0 radical (unpaired) electrons. The van der Waals surface area contributed by atoms with Crippen LogP contribution < -0.4 is 4.74 Å². The van der Waals surface area contributed by atoms with Crippen molar-refractivity contribution in [2.45, 2.75) is 45.8 Å². The van der Waals surface area contributed by atoms with Gasteiger partial charge in [-0.15, -0.1) is 0 Å². The number of likely N-dealkylation sites (tertiary alicyclic amines) is 1. The highest BCUT2D eigenvalue weighted by Crippen LogP contribution is 2.22. The minimum atomic E-state index is 0.0498. The number of aryl methyl sites for hydroxylation is 1. The van der Waals surface area contributed by atoms with E-state index in [1.54, 1.807) is 14.2 Å². The zero-order valence-corrected chi connectivity index (χ0v) is 17.1. The number of ether oxygens (including phenoxy) is 2. The summed E-state index contributed by atoms with van der Waals surface area (Å²) < 4.78 is 10.8. The number of amides is 1. The van der Waals surface area contributed by atoms with Crippen molar-refractivity contribution >= 4 is 5.91 Å². The third-order valence-electron chi connectivity index (χ3n) is 5.56. The number of likely N-dealkylation sites (N-methyl/N-ethyl adjacent to an activating group) is 1. The van der Waals surface area contributed by atoms with Crippen LogP contribution in [0.5, 0.6) is 5.75 Å². The Bertz CT molecular complexity index is 595. The molecule has 1 heterocycles. The first-order valence-corrected chi connectivity index (χ1v) is 9.54. The Hall–Kier alpha value is -1.59. The quantitative estimate of drug-likeness (QED) is 0.747. The first-order valence-electron chi connectivity index (χ1n) is 9.54. The molecule has 0 aromatic heterocycles. The van der Waals surface area contributed by atoms with Crippen molar-refractivity contribution in [1.29, 1.82) is 0 Å². The molecule has 1 aromatic carbocycles. The van der Waals surface area contributed by atoms with E-state index in [9.17, 15) is 4.79 Å². The van der Waals surface area contributed by atoms with Crippen molar-refractivity contribution in [2.24, 2.45) is 5.92 Å². The molecule has 1 fully saturated rings. The van der Waals surface area contributed by atoms with E-state index < -0.39 is 0 Å². The third kappa shape index (κ3) is 4.98. The van der Waals surface area contributed by atoms with Crippen LogP contribution in [0.4, 0.5) is 0 Å². The first kappa shape index (κ1) is 20.7. The van der Waals surface area contributed by atoms with Crippen molar-refractivity contribution in [1.82, 2.24) is 9.80 Å². The molecule has 1 atom stereocenters. The number of rotatable bonds is 7. The van der Waals surface area contributed by atoms with Gasteiger partial charge in [0, 0.05) is 45.4 Å². The van der Waals surface area contributed by atoms with Gasteiger partial charge in [-0.3, -0.25) is 4.79 Å². The van der Waals surface area contributed by atoms with Gasteiger partial charge in [0.1, 0.15) is 5.75 Å². The Kier molecular flexibility index (Phi) is 7.47. The van der Waals surface area contributed by atoms with E-state index in [4.69, 9.17) is 9.47 Å². The van der Waals surface area contributed by atoms with Crippen LogP contribution >= 0.6 is 0 Å². The molecule has 0 aliphatic carbocycles. The number of hydrogen-bond donors (Lipinski definition) is 0. The molecule has 5 heteroatoms. The summed E-state index contributed by atoms with van der Waals surface area (Å²) in [5, 5.41) is 0. The molecule has 0 saturated carbocycles. The maximum atomic E-state index is 13.0. The number of methoxy groups -OCH3 is 2. The number of carbonyl (C=O) groups is 1. The molecule has 0 N–H and O–H groups in total. The molecule has 0 unspecified atom stereocenters. The Labute approximate surface area is 158 Å². The standard InChI is InChI=1S/C21H34N2O3/c1-15(2)19(14-23-11-9-18(25-5)10-12-23)22(4)21(24)17-8-7-16(3)20(13-17)26-6/h7-8,13,15,18-19H,9-12,14H2,1-6H3/t19-/m1/s1. The van der Waals surface area contributed by atoms with Gasteiger partial charge in [-0.2, -0.15) is 0 Å². The highest BCUT2D eigenvalue weighted by Gasteiger charge is 2.28. The summed E-state index contributed by atoms with van der Waals surface area (Å²) >= 11 is 0. The largest absolute Gasteiger partial charge is 0.496 e. The van der Waals surface area contributed by atoms with Gasteiger partial charge in [0.05, 0.1) is 13.2 Å². The van der Waals surface area contributed by atoms with Crippen molar-refractivity contribution in [3.8, 4) is 5.75 Å². The fraction of sp³-hybridized carbons (Fsp3) is 0.667. The van der Waals surface area contributed by atoms with E-state index in [-0.39, 0.29) is 11.9 Å². The number of nitrogens with zero attached hydrogens (tertiary/aromatic N) is 2. The monoisotopic (exact) mass is 362 g/mol. The summed E-state index contributed by atoms with van der Waals surface area (Å²) in [6, 6.07) is 5.85. The predicted molar refractivity (Wildman–Crippen MR) is 105 cm³/mol. The second-order valence-corrected chi connectivity index (χ2v) is 7.65. The van der Waals surface area contributed by atoms with Crippen LogP contribution in [0.2, 0.25) is 0 Å². The topological polar surface area (TPSA) is 42.0 Å². The average Bonchev–Trinajstić information content (AvgIpc) is 2.65. The Balaban J connectivity index is 2.07. The minimum Gasteiger partial charge on any atom is -0.496 e. The molecule has 1 saturated heterocycles. The van der Waals surface area contributed by atoms with Gasteiger partial charge in [-0.1, -0.05) is 19.9 Å². The van der Waals surface area contributed by atoms with E-state index in [0.29, 0.717) is 17.6 Å². The van der Waals surface area contributed by atoms with E-state index in [1.165, 1.54) is 0 Å². The molecular formula is C21H34N2O3. The number of hydrogen-bond acceptors (Lipinski definition) is 4. The fourth-order valence-corrected chi connectivity index (χ4v) is 3.68. The molecule has 1 aliphatic heterocycles. The molecule has 5 nitrogen and oxygen atoms in total. The van der Waals surface area contributed by atoms with Gasteiger partial charge in [0.2, 0.25) is 0 Å². The smallest absolute Gasteiger partial charge is 0.254 e. The lowest BCUT2D eigenvalue weighted by atomic mass is 9.99. The van der Waals surface area contributed by atoms with Gasteiger partial charge in [-0.05, 0) is 43.4 Å². The Morgan fingerprint density at radius 1 is 1.27 bits per heavy atom. The highest BCUT2D eigenvalue weighted by molar-refractivity contribution is 5.94. The fourth-order valence-electron chi connectivity index (χ4n) is 3.68. The predicted octanol–water partition coefficient (Wildman–Crippen LogP) is 3.21. The second kappa shape index (κ2) is 9.38. The molecule has 1 amide bonds. The minimum absolute atomic E-state index is 0.0498. The summed E-state index contributed by atoms with van der Waals surface area (Å²) in [5.74, 6) is 1.19. The van der Waals surface area contributed by atoms with Crippen molar-refractivity contribution in [3.63, 3.8) is 0 Å². The lowest BCUT2D eigenvalue weighted by Gasteiger charge is -2.38. The van der Waals surface area contributed by atoms with Crippen LogP contribution in [0, 0.1) is 12.8 Å². The first-order chi connectivity index (χ1) is 12.4. The van der Waals surface area contributed by atoms with Crippen molar-refractivity contribution in [2.75, 3.05) is 40.9 Å². The molecule has 1 aromatic rings. The molecule has 0 spiro atoms. The van der Waals surface area contributed by atoms with Crippen LogP contribution in [0.1, 0.15) is 42.6 Å². The number of carbonyl (C=O) groups excluding carboxylic acids is 1. The van der Waals surface area contributed by atoms with Crippen LogP contribution in [0.15, 0.2) is 18.2 Å². The van der Waals surface area contributed by atoms with Gasteiger partial charge >= 0.3 is 0 Å². The summed E-state index contributed by atoms with van der Waals surface area (Å²) in [5.41, 5.74) is 1.71. The van der Waals surface area contributed by atoms with Crippen LogP contribution in [-0.2, 0) is 4.74 Å². The average molecular weight is 363 g/mol. The van der Waals surface area contributed by atoms with Crippen LogP contribution in [-0.4, -0.2) is 68.8 Å². The lowest BCUT2D eigenvalue weighted by Crippen LogP contribution is -2.50. The van der Waals surface area contributed by atoms with Crippen LogP contribution in [0.3, 0.4) is 0 Å². The molecule has 0 bridgehead atoms. The summed E-state index contributed by atoms with van der Waals surface area (Å²) in [7, 11) is 5.35. The molecule has 2 rings (SSSR count). The summed E-state index contributed by atoms with van der Waals surface area (Å²) in [6.45, 7) is 9.32. The molecule has 1 aliphatic rings. The normalized spacial score (nSPS) is 17.3. The highest BCUT2D eigenvalue weighted by atomic mass is 16.5. The Morgan fingerprint density at radius 3 is 2.46 bits per heavy atom. The van der Waals surface area contributed by atoms with E-state index >= 15 is 0 Å². The zero-order valence-electron chi connectivity index (χ0n) is 17.1. The van der Waals surface area contributed by atoms with Gasteiger partial charge in [-0.25, -0.2) is 0 Å². The number of benzene rings is 1. The van der Waals surface area contributed by atoms with Gasteiger partial charge in [0.25, 0.3) is 5.91 Å². The molecule has 146 valence electrons. The van der Waals surface area contributed by atoms with Crippen LogP contribution in [0.25, 0.3) is 0 Å². The van der Waals surface area contributed by atoms with Crippen molar-refractivity contribution in [3.05, 3.63) is 29.3 Å². The molecule has 26 heavy (non-hydrogen) atoms. The zero-order chi connectivity index (χ0) is 19.3. The van der Waals surface area contributed by atoms with Crippen molar-refractivity contribution < 1.29 is 14.3 Å².